The summed E-state index contributed by atoms with van der Waals surface area (Å²) in [6, 6.07) is 0.344. The molecule has 0 aromatic heterocycles. The zero-order valence-corrected chi connectivity index (χ0v) is 12.1. The minimum absolute atomic E-state index is 0.0911. The molecule has 0 aliphatic rings. The van der Waals surface area contributed by atoms with Gasteiger partial charge in [-0.3, -0.25) is 4.79 Å². The molecule has 0 heterocycles. The fourth-order valence-electron chi connectivity index (χ4n) is 2.18. The van der Waals surface area contributed by atoms with Crippen molar-refractivity contribution in [2.75, 3.05) is 0 Å². The average molecular weight is 241 g/mol. The average Bonchev–Trinajstić information content (AvgIpc) is 2.26. The lowest BCUT2D eigenvalue weighted by atomic mass is 10.0. The maximum atomic E-state index is 10.8. The van der Waals surface area contributed by atoms with E-state index in [1.54, 1.807) is 6.92 Å². The zero-order valence-electron chi connectivity index (χ0n) is 12.1. The number of unbranched alkanes of at least 4 members (excludes halogenated alkanes) is 8. The maximum absolute atomic E-state index is 10.8. The van der Waals surface area contributed by atoms with Crippen molar-refractivity contribution in [1.82, 2.24) is 5.32 Å². The van der Waals surface area contributed by atoms with E-state index in [0.29, 0.717) is 6.04 Å². The Hall–Kier alpha value is -0.530. The molecule has 0 aromatic rings. The number of hydrogen-bond donors (Lipinski definition) is 1. The maximum Gasteiger partial charge on any atom is 0.217 e. The highest BCUT2D eigenvalue weighted by molar-refractivity contribution is 5.73. The fourth-order valence-corrected chi connectivity index (χ4v) is 2.18. The van der Waals surface area contributed by atoms with Crippen LogP contribution in [-0.2, 0) is 4.79 Å². The molecule has 0 radical (unpaired) electrons. The third-order valence-electron chi connectivity index (χ3n) is 3.19. The van der Waals surface area contributed by atoms with Crippen LogP contribution in [0.2, 0.25) is 0 Å². The topological polar surface area (TPSA) is 29.1 Å². The van der Waals surface area contributed by atoms with E-state index in [9.17, 15) is 4.79 Å². The van der Waals surface area contributed by atoms with Gasteiger partial charge in [-0.1, -0.05) is 64.7 Å². The van der Waals surface area contributed by atoms with Gasteiger partial charge in [-0.05, 0) is 13.3 Å². The lowest BCUT2D eigenvalue weighted by Gasteiger charge is -2.11. The molecule has 0 rings (SSSR count). The second-order valence-corrected chi connectivity index (χ2v) is 5.22. The van der Waals surface area contributed by atoms with E-state index in [0.717, 1.165) is 6.42 Å². The Balaban J connectivity index is 3.10. The van der Waals surface area contributed by atoms with Crippen LogP contribution in [-0.4, -0.2) is 11.9 Å². The van der Waals surface area contributed by atoms with Gasteiger partial charge in [0.2, 0.25) is 5.91 Å². The van der Waals surface area contributed by atoms with Gasteiger partial charge < -0.3 is 5.32 Å². The van der Waals surface area contributed by atoms with E-state index in [2.05, 4.69) is 19.2 Å². The van der Waals surface area contributed by atoms with Crippen LogP contribution in [0.4, 0.5) is 0 Å². The molecule has 0 aliphatic heterocycles. The highest BCUT2D eigenvalue weighted by Crippen LogP contribution is 2.11. The van der Waals surface area contributed by atoms with Crippen LogP contribution >= 0.6 is 0 Å². The number of hydrogen-bond acceptors (Lipinski definition) is 1. The Bertz CT molecular complexity index is 180. The second kappa shape index (κ2) is 11.9. The van der Waals surface area contributed by atoms with Crippen molar-refractivity contribution in [1.29, 1.82) is 0 Å². The molecule has 0 bridgehead atoms. The van der Waals surface area contributed by atoms with Crippen LogP contribution in [0, 0.1) is 0 Å². The summed E-state index contributed by atoms with van der Waals surface area (Å²) >= 11 is 0. The molecule has 2 heteroatoms. The summed E-state index contributed by atoms with van der Waals surface area (Å²) in [5.41, 5.74) is 0. The predicted molar refractivity (Wildman–Crippen MR) is 75.1 cm³/mol. The Labute approximate surface area is 108 Å². The Morgan fingerprint density at radius 2 is 1.41 bits per heavy atom. The Kier molecular flexibility index (Phi) is 11.6. The van der Waals surface area contributed by atoms with E-state index >= 15 is 0 Å². The highest BCUT2D eigenvalue weighted by atomic mass is 16.1. The molecule has 0 aliphatic carbocycles. The van der Waals surface area contributed by atoms with Crippen molar-refractivity contribution in [3.8, 4) is 0 Å². The molecule has 0 aromatic carbocycles. The molecule has 17 heavy (non-hydrogen) atoms. The quantitative estimate of drug-likeness (QED) is 0.533. The van der Waals surface area contributed by atoms with Crippen LogP contribution in [0.15, 0.2) is 0 Å². The third-order valence-corrected chi connectivity index (χ3v) is 3.19. The largest absolute Gasteiger partial charge is 0.354 e. The molecule has 1 N–H and O–H groups in total. The van der Waals surface area contributed by atoms with Gasteiger partial charge in [0.05, 0.1) is 0 Å². The molecule has 1 amide bonds. The van der Waals surface area contributed by atoms with Gasteiger partial charge in [-0.2, -0.15) is 0 Å². The number of rotatable bonds is 11. The smallest absolute Gasteiger partial charge is 0.217 e. The molecule has 1 atom stereocenters. The molecule has 102 valence electrons. The second-order valence-electron chi connectivity index (χ2n) is 5.22. The van der Waals surface area contributed by atoms with Crippen LogP contribution in [0.1, 0.15) is 85.0 Å². The molecule has 2 nitrogen and oxygen atoms in total. The summed E-state index contributed by atoms with van der Waals surface area (Å²) in [6.07, 6.45) is 13.4. The van der Waals surface area contributed by atoms with E-state index in [1.807, 2.05) is 0 Å². The van der Waals surface area contributed by atoms with Crippen molar-refractivity contribution >= 4 is 5.91 Å². The van der Waals surface area contributed by atoms with Crippen LogP contribution in [0.25, 0.3) is 0 Å². The highest BCUT2D eigenvalue weighted by Gasteiger charge is 2.02. The van der Waals surface area contributed by atoms with Crippen molar-refractivity contribution < 1.29 is 4.79 Å². The number of carbonyl (C=O) groups is 1. The molecular formula is C15H31NO. The molecule has 0 saturated carbocycles. The van der Waals surface area contributed by atoms with Crippen LogP contribution in [0.5, 0.6) is 0 Å². The van der Waals surface area contributed by atoms with Crippen LogP contribution < -0.4 is 5.32 Å². The van der Waals surface area contributed by atoms with E-state index in [1.165, 1.54) is 57.8 Å². The first-order valence-corrected chi connectivity index (χ1v) is 7.44. The monoisotopic (exact) mass is 241 g/mol. The van der Waals surface area contributed by atoms with Gasteiger partial charge in [-0.15, -0.1) is 0 Å². The standard InChI is InChI=1S/C15H31NO/c1-4-5-6-7-8-9-10-11-12-13-14(2)16-15(3)17/h14H,4-13H2,1-3H3,(H,16,17). The minimum Gasteiger partial charge on any atom is -0.354 e. The summed E-state index contributed by atoms with van der Waals surface area (Å²) in [5.74, 6) is 0.0911. The minimum atomic E-state index is 0.0911. The van der Waals surface area contributed by atoms with Gasteiger partial charge in [0.1, 0.15) is 0 Å². The number of carbonyl (C=O) groups excluding carboxylic acids is 1. The summed E-state index contributed by atoms with van der Waals surface area (Å²) in [6.45, 7) is 5.94. The van der Waals surface area contributed by atoms with E-state index in [-0.39, 0.29) is 5.91 Å². The normalized spacial score (nSPS) is 12.4. The van der Waals surface area contributed by atoms with Gasteiger partial charge in [0.25, 0.3) is 0 Å². The van der Waals surface area contributed by atoms with E-state index < -0.39 is 0 Å². The molecular weight excluding hydrogens is 210 g/mol. The lowest BCUT2D eigenvalue weighted by molar-refractivity contribution is -0.119. The fraction of sp³-hybridized carbons (Fsp3) is 0.933. The van der Waals surface area contributed by atoms with Gasteiger partial charge in [0.15, 0.2) is 0 Å². The first kappa shape index (κ1) is 16.5. The summed E-state index contributed by atoms with van der Waals surface area (Å²) < 4.78 is 0. The van der Waals surface area contributed by atoms with Crippen molar-refractivity contribution in [3.63, 3.8) is 0 Å². The van der Waals surface area contributed by atoms with Crippen molar-refractivity contribution in [3.05, 3.63) is 0 Å². The summed E-state index contributed by atoms with van der Waals surface area (Å²) in [5, 5.41) is 2.93. The van der Waals surface area contributed by atoms with Crippen molar-refractivity contribution in [2.45, 2.75) is 91.0 Å². The van der Waals surface area contributed by atoms with Gasteiger partial charge in [0, 0.05) is 13.0 Å². The van der Waals surface area contributed by atoms with E-state index in [4.69, 9.17) is 0 Å². The lowest BCUT2D eigenvalue weighted by Crippen LogP contribution is -2.30. The number of nitrogens with one attached hydrogen (secondary N) is 1. The first-order chi connectivity index (χ1) is 8.16. The SMILES string of the molecule is CCCCCCCCCCCC(C)NC(C)=O. The summed E-state index contributed by atoms with van der Waals surface area (Å²) in [7, 11) is 0. The van der Waals surface area contributed by atoms with Gasteiger partial charge >= 0.3 is 0 Å². The molecule has 0 spiro atoms. The Morgan fingerprint density at radius 1 is 0.941 bits per heavy atom. The molecule has 0 fully saturated rings. The third kappa shape index (κ3) is 13.4. The van der Waals surface area contributed by atoms with Crippen molar-refractivity contribution in [2.24, 2.45) is 0 Å². The molecule has 0 saturated heterocycles. The predicted octanol–water partition coefficient (Wildman–Crippen LogP) is 4.43. The van der Waals surface area contributed by atoms with Gasteiger partial charge in [-0.25, -0.2) is 0 Å². The first-order valence-electron chi connectivity index (χ1n) is 7.44. The van der Waals surface area contributed by atoms with Crippen LogP contribution in [0.3, 0.4) is 0 Å². The molecule has 1 unspecified atom stereocenters. The number of amides is 1. The Morgan fingerprint density at radius 3 is 1.88 bits per heavy atom. The summed E-state index contributed by atoms with van der Waals surface area (Å²) in [4.78, 5) is 10.8. The zero-order chi connectivity index (χ0) is 12.9.